The predicted octanol–water partition coefficient (Wildman–Crippen LogP) is 1.01. The molecule has 1 aromatic heterocycles. The first-order valence-corrected chi connectivity index (χ1v) is 8.44. The Bertz CT molecular complexity index is 515. The topological polar surface area (TPSA) is 72.3 Å². The molecule has 23 heavy (non-hydrogen) atoms. The average molecular weight is 323 g/mol. The summed E-state index contributed by atoms with van der Waals surface area (Å²) in [7, 11) is 1.60. The lowest BCUT2D eigenvalue weighted by molar-refractivity contribution is -0.122. The monoisotopic (exact) mass is 323 g/mol. The number of nitrogens with one attached hydrogen (secondary N) is 1. The maximum Gasteiger partial charge on any atom is 0.222 e. The molecule has 1 N–H and O–H groups in total. The van der Waals surface area contributed by atoms with E-state index in [1.807, 2.05) is 6.92 Å². The molecule has 0 radical (unpaired) electrons. The number of hydrogen-bond acceptors (Lipinski definition) is 5. The van der Waals surface area contributed by atoms with Crippen molar-refractivity contribution < 1.29 is 9.53 Å². The summed E-state index contributed by atoms with van der Waals surface area (Å²) in [4.78, 5) is 14.3. The van der Waals surface area contributed by atoms with Crippen LogP contribution in [0, 0.1) is 5.92 Å². The number of methoxy groups -OCH3 is 1. The van der Waals surface area contributed by atoms with E-state index in [-0.39, 0.29) is 11.9 Å². The van der Waals surface area contributed by atoms with Crippen LogP contribution in [0.4, 0.5) is 0 Å². The zero-order chi connectivity index (χ0) is 16.8. The van der Waals surface area contributed by atoms with Crippen LogP contribution in [0.15, 0.2) is 0 Å². The number of rotatable bonds is 7. The first kappa shape index (κ1) is 17.9. The molecule has 1 amide bonds. The number of nitrogens with zero attached hydrogens (tertiary/aromatic N) is 4. The lowest BCUT2D eigenvalue weighted by Crippen LogP contribution is -2.32. The van der Waals surface area contributed by atoms with Gasteiger partial charge in [0.15, 0.2) is 5.82 Å². The number of aromatic nitrogens is 3. The Balaban J connectivity index is 1.99. The summed E-state index contributed by atoms with van der Waals surface area (Å²) in [5, 5.41) is 11.6. The van der Waals surface area contributed by atoms with Crippen molar-refractivity contribution >= 4 is 5.91 Å². The number of carbonyl (C=O) groups is 1. The molecule has 7 heteroatoms. The van der Waals surface area contributed by atoms with Crippen LogP contribution in [-0.4, -0.2) is 58.9 Å². The predicted molar refractivity (Wildman–Crippen MR) is 88.1 cm³/mol. The highest BCUT2D eigenvalue weighted by molar-refractivity contribution is 5.76. The fourth-order valence-corrected chi connectivity index (χ4v) is 2.98. The van der Waals surface area contributed by atoms with Crippen molar-refractivity contribution in [2.45, 2.75) is 46.2 Å². The molecule has 0 spiro atoms. The van der Waals surface area contributed by atoms with E-state index in [0.29, 0.717) is 18.9 Å². The molecular formula is C16H29N5O2. The van der Waals surface area contributed by atoms with Crippen LogP contribution in [0.1, 0.15) is 44.9 Å². The molecule has 0 fully saturated rings. The van der Waals surface area contributed by atoms with Crippen molar-refractivity contribution in [1.82, 2.24) is 25.0 Å². The van der Waals surface area contributed by atoms with E-state index in [1.165, 1.54) is 0 Å². The van der Waals surface area contributed by atoms with Crippen LogP contribution < -0.4 is 5.32 Å². The van der Waals surface area contributed by atoms with Gasteiger partial charge >= 0.3 is 0 Å². The van der Waals surface area contributed by atoms with Gasteiger partial charge in [-0.15, -0.1) is 10.2 Å². The molecule has 1 aromatic rings. The van der Waals surface area contributed by atoms with E-state index in [4.69, 9.17) is 4.74 Å². The molecule has 0 aromatic carbocycles. The molecular weight excluding hydrogens is 294 g/mol. The molecule has 1 aliphatic rings. The van der Waals surface area contributed by atoms with Gasteiger partial charge in [-0.3, -0.25) is 4.79 Å². The Morgan fingerprint density at radius 2 is 2.04 bits per heavy atom. The van der Waals surface area contributed by atoms with E-state index in [1.54, 1.807) is 7.11 Å². The summed E-state index contributed by atoms with van der Waals surface area (Å²) in [5.41, 5.74) is 0. The van der Waals surface area contributed by atoms with E-state index in [2.05, 4.69) is 38.8 Å². The summed E-state index contributed by atoms with van der Waals surface area (Å²) >= 11 is 0. The Kier molecular flexibility index (Phi) is 6.53. The Morgan fingerprint density at radius 3 is 2.74 bits per heavy atom. The van der Waals surface area contributed by atoms with Gasteiger partial charge in [-0.05, 0) is 12.8 Å². The number of fused-ring (bicyclic) bond motifs is 1. The molecule has 2 heterocycles. The zero-order valence-corrected chi connectivity index (χ0v) is 14.7. The molecule has 1 unspecified atom stereocenters. The third-order valence-electron chi connectivity index (χ3n) is 4.07. The number of carbonyl (C=O) groups excluding carboxylic acids is 1. The molecule has 1 aliphatic heterocycles. The van der Waals surface area contributed by atoms with E-state index < -0.39 is 0 Å². The second-order valence-electron chi connectivity index (χ2n) is 6.60. The highest BCUT2D eigenvalue weighted by Crippen LogP contribution is 2.16. The second kappa shape index (κ2) is 8.40. The van der Waals surface area contributed by atoms with Crippen LogP contribution in [0.2, 0.25) is 0 Å². The van der Waals surface area contributed by atoms with Crippen molar-refractivity contribution in [3.63, 3.8) is 0 Å². The Hall–Kier alpha value is -1.47. The van der Waals surface area contributed by atoms with E-state index >= 15 is 0 Å². The standard InChI is InChI=1S/C16H29N5O2/c1-12(2)11-20-7-5-14-18-19-16(21(14)9-8-20)13(3)17-15(22)6-10-23-4/h12-13H,5-11H2,1-4H3,(H,17,22). The van der Waals surface area contributed by atoms with Gasteiger partial charge in [0, 0.05) is 46.1 Å². The number of hydrogen-bond donors (Lipinski definition) is 1. The summed E-state index contributed by atoms with van der Waals surface area (Å²) < 4.78 is 7.10. The molecule has 0 saturated carbocycles. The van der Waals surface area contributed by atoms with Gasteiger partial charge in [0.05, 0.1) is 12.6 Å². The van der Waals surface area contributed by atoms with E-state index in [9.17, 15) is 4.79 Å². The first-order chi connectivity index (χ1) is 11.0. The maximum absolute atomic E-state index is 11.9. The van der Waals surface area contributed by atoms with Crippen LogP contribution in [0.25, 0.3) is 0 Å². The maximum atomic E-state index is 11.9. The van der Waals surface area contributed by atoms with Crippen molar-refractivity contribution in [2.75, 3.05) is 33.4 Å². The van der Waals surface area contributed by atoms with Gasteiger partial charge in [0.2, 0.25) is 5.91 Å². The highest BCUT2D eigenvalue weighted by Gasteiger charge is 2.22. The molecule has 1 atom stereocenters. The largest absolute Gasteiger partial charge is 0.384 e. The van der Waals surface area contributed by atoms with Gasteiger partial charge in [-0.2, -0.15) is 0 Å². The smallest absolute Gasteiger partial charge is 0.222 e. The molecule has 7 nitrogen and oxygen atoms in total. The number of ether oxygens (including phenoxy) is 1. The third-order valence-corrected chi connectivity index (χ3v) is 4.07. The lowest BCUT2D eigenvalue weighted by atomic mass is 10.2. The molecule has 0 bridgehead atoms. The van der Waals surface area contributed by atoms with Crippen LogP contribution >= 0.6 is 0 Å². The number of amides is 1. The SMILES string of the molecule is COCCC(=O)NC(C)c1nnc2n1CCN(CC(C)C)CC2. The van der Waals surface area contributed by atoms with Gasteiger partial charge in [-0.25, -0.2) is 0 Å². The molecule has 2 rings (SSSR count). The minimum atomic E-state index is -0.141. The first-order valence-electron chi connectivity index (χ1n) is 8.44. The zero-order valence-electron chi connectivity index (χ0n) is 14.7. The van der Waals surface area contributed by atoms with Gasteiger partial charge in [0.1, 0.15) is 5.82 Å². The minimum absolute atomic E-state index is 0.0215. The van der Waals surface area contributed by atoms with Gasteiger partial charge in [0.25, 0.3) is 0 Å². The quantitative estimate of drug-likeness (QED) is 0.811. The van der Waals surface area contributed by atoms with Crippen molar-refractivity contribution in [3.8, 4) is 0 Å². The van der Waals surface area contributed by atoms with Gasteiger partial charge < -0.3 is 19.5 Å². The van der Waals surface area contributed by atoms with Crippen molar-refractivity contribution in [2.24, 2.45) is 5.92 Å². The fraction of sp³-hybridized carbons (Fsp3) is 0.812. The summed E-state index contributed by atoms with van der Waals surface area (Å²) in [6.45, 7) is 10.9. The summed E-state index contributed by atoms with van der Waals surface area (Å²) in [6, 6.07) is -0.141. The third kappa shape index (κ3) is 5.00. The van der Waals surface area contributed by atoms with E-state index in [0.717, 1.165) is 44.2 Å². The van der Waals surface area contributed by atoms with Crippen molar-refractivity contribution in [1.29, 1.82) is 0 Å². The summed E-state index contributed by atoms with van der Waals surface area (Å²) in [5.74, 6) is 2.50. The van der Waals surface area contributed by atoms with Gasteiger partial charge in [-0.1, -0.05) is 13.8 Å². The normalized spacial score (nSPS) is 16.9. The molecule has 0 saturated heterocycles. The van der Waals surface area contributed by atoms with Crippen LogP contribution in [0.3, 0.4) is 0 Å². The van der Waals surface area contributed by atoms with Crippen LogP contribution in [0.5, 0.6) is 0 Å². The molecule has 0 aliphatic carbocycles. The summed E-state index contributed by atoms with van der Waals surface area (Å²) in [6.07, 6.45) is 1.27. The Morgan fingerprint density at radius 1 is 1.26 bits per heavy atom. The highest BCUT2D eigenvalue weighted by atomic mass is 16.5. The molecule has 130 valence electrons. The average Bonchev–Trinajstić information content (AvgIpc) is 2.81. The van der Waals surface area contributed by atoms with Crippen LogP contribution in [-0.2, 0) is 22.5 Å². The second-order valence-corrected chi connectivity index (χ2v) is 6.60. The van der Waals surface area contributed by atoms with Crippen molar-refractivity contribution in [3.05, 3.63) is 11.6 Å². The lowest BCUT2D eigenvalue weighted by Gasteiger charge is -2.21. The minimum Gasteiger partial charge on any atom is -0.384 e. The Labute approximate surface area is 138 Å². The fourth-order valence-electron chi connectivity index (χ4n) is 2.98.